The third-order valence-electron chi connectivity index (χ3n) is 3.83. The molecule has 1 N–H and O–H groups in total. The second-order valence-electron chi connectivity index (χ2n) is 6.06. The van der Waals surface area contributed by atoms with Crippen molar-refractivity contribution in [3.05, 3.63) is 64.5 Å². The SMILES string of the molecule is Cc1ccc(OCCCC(=O)NCc2nc(-c3cccc(Br)c3)no2)cc1. The quantitative estimate of drug-likeness (QED) is 0.540. The summed E-state index contributed by atoms with van der Waals surface area (Å²) in [7, 11) is 0. The van der Waals surface area contributed by atoms with Crippen molar-refractivity contribution >= 4 is 21.8 Å². The molecular weight excluding hydrogens is 410 g/mol. The molecule has 0 radical (unpaired) electrons. The van der Waals surface area contributed by atoms with Gasteiger partial charge in [-0.15, -0.1) is 0 Å². The summed E-state index contributed by atoms with van der Waals surface area (Å²) in [4.78, 5) is 16.2. The lowest BCUT2D eigenvalue weighted by atomic mass is 10.2. The van der Waals surface area contributed by atoms with Gasteiger partial charge in [-0.05, 0) is 37.6 Å². The van der Waals surface area contributed by atoms with E-state index in [-0.39, 0.29) is 12.5 Å². The molecule has 1 amide bonds. The van der Waals surface area contributed by atoms with Crippen LogP contribution in [0.5, 0.6) is 5.75 Å². The zero-order chi connectivity index (χ0) is 19.1. The first-order valence-electron chi connectivity index (χ1n) is 8.65. The van der Waals surface area contributed by atoms with Crippen molar-refractivity contribution in [2.24, 2.45) is 0 Å². The summed E-state index contributed by atoms with van der Waals surface area (Å²) in [5.74, 6) is 1.60. The van der Waals surface area contributed by atoms with Gasteiger partial charge < -0.3 is 14.6 Å². The minimum atomic E-state index is -0.0790. The molecule has 0 bridgehead atoms. The van der Waals surface area contributed by atoms with Gasteiger partial charge in [0.25, 0.3) is 0 Å². The maximum absolute atomic E-state index is 11.9. The molecule has 7 heteroatoms. The van der Waals surface area contributed by atoms with Gasteiger partial charge in [-0.1, -0.05) is 50.9 Å². The average Bonchev–Trinajstić information content (AvgIpc) is 3.14. The summed E-state index contributed by atoms with van der Waals surface area (Å²) < 4.78 is 11.7. The molecule has 0 aliphatic heterocycles. The Morgan fingerprint density at radius 2 is 2.04 bits per heavy atom. The summed E-state index contributed by atoms with van der Waals surface area (Å²) in [6.45, 7) is 2.72. The molecule has 1 aromatic heterocycles. The number of nitrogens with one attached hydrogen (secondary N) is 1. The topological polar surface area (TPSA) is 77.2 Å². The Labute approximate surface area is 166 Å². The lowest BCUT2D eigenvalue weighted by molar-refractivity contribution is -0.121. The molecule has 3 aromatic rings. The highest BCUT2D eigenvalue weighted by Gasteiger charge is 2.10. The molecule has 1 heterocycles. The van der Waals surface area contributed by atoms with E-state index in [0.29, 0.717) is 31.2 Å². The second-order valence-corrected chi connectivity index (χ2v) is 6.98. The molecule has 0 spiro atoms. The van der Waals surface area contributed by atoms with Crippen molar-refractivity contribution in [2.45, 2.75) is 26.3 Å². The minimum Gasteiger partial charge on any atom is -0.494 e. The number of rotatable bonds is 8. The van der Waals surface area contributed by atoms with Gasteiger partial charge in [0.05, 0.1) is 13.2 Å². The normalized spacial score (nSPS) is 10.6. The molecule has 0 atom stereocenters. The molecular formula is C20H20BrN3O3. The van der Waals surface area contributed by atoms with Gasteiger partial charge in [0.1, 0.15) is 5.75 Å². The monoisotopic (exact) mass is 429 g/mol. The van der Waals surface area contributed by atoms with Crippen molar-refractivity contribution in [1.82, 2.24) is 15.5 Å². The lowest BCUT2D eigenvalue weighted by Gasteiger charge is -2.06. The number of aryl methyl sites for hydroxylation is 1. The standard InChI is InChI=1S/C20H20BrN3O3/c1-14-7-9-17(10-8-14)26-11-3-6-18(25)22-13-19-23-20(24-27-19)15-4-2-5-16(21)12-15/h2,4-5,7-10,12H,3,6,11,13H2,1H3,(H,22,25). The first-order valence-corrected chi connectivity index (χ1v) is 9.44. The van der Waals surface area contributed by atoms with Gasteiger partial charge in [-0.25, -0.2) is 0 Å². The Morgan fingerprint density at radius 1 is 1.22 bits per heavy atom. The number of halogens is 1. The third kappa shape index (κ3) is 5.92. The molecule has 6 nitrogen and oxygen atoms in total. The van der Waals surface area contributed by atoms with E-state index in [4.69, 9.17) is 9.26 Å². The van der Waals surface area contributed by atoms with Gasteiger partial charge in [0.2, 0.25) is 17.6 Å². The molecule has 140 valence electrons. The predicted molar refractivity (Wildman–Crippen MR) is 105 cm³/mol. The fraction of sp³-hybridized carbons (Fsp3) is 0.250. The molecule has 0 saturated carbocycles. The van der Waals surface area contributed by atoms with Crippen LogP contribution in [-0.4, -0.2) is 22.7 Å². The summed E-state index contributed by atoms with van der Waals surface area (Å²) in [6.07, 6.45) is 1.01. The van der Waals surface area contributed by atoms with Crippen LogP contribution in [0.15, 0.2) is 57.5 Å². The fourth-order valence-electron chi connectivity index (χ4n) is 2.39. The molecule has 0 saturated heterocycles. The smallest absolute Gasteiger partial charge is 0.246 e. The minimum absolute atomic E-state index is 0.0790. The molecule has 0 fully saturated rings. The number of amides is 1. The van der Waals surface area contributed by atoms with E-state index in [9.17, 15) is 4.79 Å². The summed E-state index contributed by atoms with van der Waals surface area (Å²) in [5.41, 5.74) is 2.03. The molecule has 0 unspecified atom stereocenters. The van der Waals surface area contributed by atoms with E-state index in [2.05, 4.69) is 31.4 Å². The van der Waals surface area contributed by atoms with Gasteiger partial charge in [-0.2, -0.15) is 4.98 Å². The van der Waals surface area contributed by atoms with Crippen molar-refractivity contribution in [3.63, 3.8) is 0 Å². The van der Waals surface area contributed by atoms with Gasteiger partial charge in [0.15, 0.2) is 0 Å². The van der Waals surface area contributed by atoms with E-state index in [1.54, 1.807) is 0 Å². The van der Waals surface area contributed by atoms with E-state index in [0.717, 1.165) is 15.8 Å². The molecule has 2 aromatic carbocycles. The highest BCUT2D eigenvalue weighted by atomic mass is 79.9. The van der Waals surface area contributed by atoms with Crippen LogP contribution in [-0.2, 0) is 11.3 Å². The van der Waals surface area contributed by atoms with Crippen molar-refractivity contribution < 1.29 is 14.1 Å². The Balaban J connectivity index is 1.38. The number of carbonyl (C=O) groups excluding carboxylic acids is 1. The number of aromatic nitrogens is 2. The van der Waals surface area contributed by atoms with E-state index < -0.39 is 0 Å². The van der Waals surface area contributed by atoms with Crippen LogP contribution < -0.4 is 10.1 Å². The summed E-state index contributed by atoms with van der Waals surface area (Å²) in [5, 5.41) is 6.72. The lowest BCUT2D eigenvalue weighted by Crippen LogP contribution is -2.23. The first-order chi connectivity index (χ1) is 13.1. The zero-order valence-corrected chi connectivity index (χ0v) is 16.5. The van der Waals surface area contributed by atoms with Crippen LogP contribution in [0.4, 0.5) is 0 Å². The van der Waals surface area contributed by atoms with E-state index in [1.807, 2.05) is 55.5 Å². The van der Waals surface area contributed by atoms with E-state index >= 15 is 0 Å². The van der Waals surface area contributed by atoms with Gasteiger partial charge >= 0.3 is 0 Å². The van der Waals surface area contributed by atoms with Crippen molar-refractivity contribution in [1.29, 1.82) is 0 Å². The van der Waals surface area contributed by atoms with Crippen LogP contribution in [0, 0.1) is 6.92 Å². The number of hydrogen-bond acceptors (Lipinski definition) is 5. The largest absolute Gasteiger partial charge is 0.494 e. The Bertz CT molecular complexity index is 893. The van der Waals surface area contributed by atoms with Crippen molar-refractivity contribution in [2.75, 3.05) is 6.61 Å². The van der Waals surface area contributed by atoms with Crippen LogP contribution in [0.2, 0.25) is 0 Å². The van der Waals surface area contributed by atoms with Gasteiger partial charge in [-0.3, -0.25) is 4.79 Å². The fourth-order valence-corrected chi connectivity index (χ4v) is 2.79. The number of ether oxygens (including phenoxy) is 1. The zero-order valence-electron chi connectivity index (χ0n) is 14.9. The molecule has 0 aliphatic rings. The van der Waals surface area contributed by atoms with Crippen LogP contribution in [0.25, 0.3) is 11.4 Å². The Kier molecular flexibility index (Phi) is 6.59. The highest BCUT2D eigenvalue weighted by Crippen LogP contribution is 2.20. The van der Waals surface area contributed by atoms with E-state index in [1.165, 1.54) is 5.56 Å². The summed E-state index contributed by atoms with van der Waals surface area (Å²) >= 11 is 3.41. The third-order valence-corrected chi connectivity index (χ3v) is 4.32. The summed E-state index contributed by atoms with van der Waals surface area (Å²) in [6, 6.07) is 15.5. The number of hydrogen-bond donors (Lipinski definition) is 1. The van der Waals surface area contributed by atoms with Crippen molar-refractivity contribution in [3.8, 4) is 17.1 Å². The Hall–Kier alpha value is -2.67. The highest BCUT2D eigenvalue weighted by molar-refractivity contribution is 9.10. The average molecular weight is 430 g/mol. The number of nitrogens with zero attached hydrogens (tertiary/aromatic N) is 2. The van der Waals surface area contributed by atoms with Crippen LogP contribution >= 0.6 is 15.9 Å². The number of benzene rings is 2. The molecule has 3 rings (SSSR count). The molecule has 27 heavy (non-hydrogen) atoms. The molecule has 0 aliphatic carbocycles. The first kappa shape index (κ1) is 19.1. The Morgan fingerprint density at radius 3 is 2.81 bits per heavy atom. The van der Waals surface area contributed by atoms with Crippen LogP contribution in [0.3, 0.4) is 0 Å². The van der Waals surface area contributed by atoms with Crippen LogP contribution in [0.1, 0.15) is 24.3 Å². The maximum Gasteiger partial charge on any atom is 0.246 e. The predicted octanol–water partition coefficient (Wildman–Crippen LogP) is 4.28. The maximum atomic E-state index is 11.9. The number of carbonyl (C=O) groups is 1. The van der Waals surface area contributed by atoms with Gasteiger partial charge in [0, 0.05) is 16.5 Å². The second kappa shape index (κ2) is 9.32.